The second-order valence-electron chi connectivity index (χ2n) is 7.58. The van der Waals surface area contributed by atoms with Crippen molar-refractivity contribution in [3.8, 4) is 22.7 Å². The number of aromatic nitrogens is 2. The fourth-order valence-corrected chi connectivity index (χ4v) is 3.60. The van der Waals surface area contributed by atoms with Crippen LogP contribution in [-0.4, -0.2) is 48.3 Å². The van der Waals surface area contributed by atoms with Crippen LogP contribution in [0.4, 0.5) is 0 Å². The van der Waals surface area contributed by atoms with E-state index in [0.717, 1.165) is 17.0 Å². The van der Waals surface area contributed by atoms with Crippen LogP contribution >= 0.6 is 0 Å². The van der Waals surface area contributed by atoms with Crippen LogP contribution in [0.3, 0.4) is 0 Å². The van der Waals surface area contributed by atoms with E-state index >= 15 is 0 Å². The zero-order chi connectivity index (χ0) is 22.5. The van der Waals surface area contributed by atoms with Gasteiger partial charge in [-0.2, -0.15) is 5.10 Å². The maximum atomic E-state index is 13.3. The molecule has 0 fully saturated rings. The summed E-state index contributed by atoms with van der Waals surface area (Å²) in [5.41, 5.74) is 2.65. The van der Waals surface area contributed by atoms with Crippen LogP contribution in [0, 0.1) is 0 Å². The lowest BCUT2D eigenvalue weighted by Crippen LogP contribution is -2.34. The molecule has 32 heavy (non-hydrogen) atoms. The zero-order valence-electron chi connectivity index (χ0n) is 18.4. The number of amides is 1. The van der Waals surface area contributed by atoms with Gasteiger partial charge in [0, 0.05) is 18.3 Å². The molecule has 4 rings (SSSR count). The van der Waals surface area contributed by atoms with Crippen LogP contribution in [-0.2, 0) is 0 Å². The Balaban J connectivity index is 1.68. The van der Waals surface area contributed by atoms with Crippen molar-refractivity contribution in [2.45, 2.75) is 6.04 Å². The summed E-state index contributed by atoms with van der Waals surface area (Å²) in [5.74, 6) is 1.23. The third-order valence-corrected chi connectivity index (χ3v) is 5.29. The van der Waals surface area contributed by atoms with E-state index in [1.165, 1.54) is 0 Å². The summed E-state index contributed by atoms with van der Waals surface area (Å²) in [5, 5.41) is 7.79. The normalized spacial score (nSPS) is 12.0. The van der Waals surface area contributed by atoms with Gasteiger partial charge in [-0.05, 0) is 50.5 Å². The largest absolute Gasteiger partial charge is 0.496 e. The van der Waals surface area contributed by atoms with Crippen molar-refractivity contribution < 1.29 is 13.9 Å². The van der Waals surface area contributed by atoms with Crippen LogP contribution < -0.4 is 10.1 Å². The predicted octanol–water partition coefficient (Wildman–Crippen LogP) is 4.17. The van der Waals surface area contributed by atoms with E-state index in [1.807, 2.05) is 85.7 Å². The van der Waals surface area contributed by atoms with E-state index in [9.17, 15) is 4.79 Å². The molecule has 1 amide bonds. The molecule has 164 valence electrons. The summed E-state index contributed by atoms with van der Waals surface area (Å²) in [6.07, 6.45) is 3.39. The molecule has 0 aliphatic rings. The lowest BCUT2D eigenvalue weighted by Gasteiger charge is -2.22. The van der Waals surface area contributed by atoms with Gasteiger partial charge < -0.3 is 14.5 Å². The monoisotopic (exact) mass is 430 g/mol. The summed E-state index contributed by atoms with van der Waals surface area (Å²) in [4.78, 5) is 15.3. The summed E-state index contributed by atoms with van der Waals surface area (Å²) in [6, 6.07) is 20.9. The molecule has 0 radical (unpaired) electrons. The number of hydrogen-bond acceptors (Lipinski definition) is 5. The first-order chi connectivity index (χ1) is 15.6. The maximum Gasteiger partial charge on any atom is 0.255 e. The first-order valence-corrected chi connectivity index (χ1v) is 10.3. The molecule has 1 atom stereocenters. The number of rotatable bonds is 8. The highest BCUT2D eigenvalue weighted by molar-refractivity contribution is 6.00. The van der Waals surface area contributed by atoms with Crippen LogP contribution in [0.1, 0.15) is 22.2 Å². The Kier molecular flexibility index (Phi) is 6.37. The van der Waals surface area contributed by atoms with Crippen molar-refractivity contribution in [3.05, 3.63) is 90.5 Å². The molecule has 1 N–H and O–H groups in total. The van der Waals surface area contributed by atoms with E-state index in [4.69, 9.17) is 14.3 Å². The van der Waals surface area contributed by atoms with E-state index in [1.54, 1.807) is 24.3 Å². The Morgan fingerprint density at radius 3 is 2.53 bits per heavy atom. The number of para-hydroxylation sites is 2. The molecule has 0 bridgehead atoms. The molecule has 7 heteroatoms. The van der Waals surface area contributed by atoms with Gasteiger partial charge in [-0.1, -0.05) is 30.3 Å². The number of carbonyl (C=O) groups excluding carboxylic acids is 1. The smallest absolute Gasteiger partial charge is 0.255 e. The van der Waals surface area contributed by atoms with Gasteiger partial charge in [-0.25, -0.2) is 4.68 Å². The molecular weight excluding hydrogens is 404 g/mol. The van der Waals surface area contributed by atoms with Gasteiger partial charge >= 0.3 is 0 Å². The number of benzene rings is 2. The molecule has 0 aliphatic carbocycles. The Labute approximate surface area is 187 Å². The lowest BCUT2D eigenvalue weighted by molar-refractivity contribution is 0.0939. The summed E-state index contributed by atoms with van der Waals surface area (Å²) >= 11 is 0. The van der Waals surface area contributed by atoms with E-state index in [0.29, 0.717) is 23.6 Å². The Morgan fingerprint density at radius 1 is 1.09 bits per heavy atom. The molecule has 0 spiro atoms. The van der Waals surface area contributed by atoms with Gasteiger partial charge in [0.2, 0.25) is 0 Å². The standard InChI is InChI=1S/C25H26N4O3/c1-28(2)21(23-14-9-15-32-23)16-26-25(30)20-17-29(18-10-5-4-6-11-18)27-24(20)19-12-7-8-13-22(19)31-3/h4-15,17,21H,16H2,1-3H3,(H,26,30)/t21-/m1/s1. The molecule has 0 saturated carbocycles. The van der Waals surface area contributed by atoms with Gasteiger partial charge in [0.1, 0.15) is 17.2 Å². The number of furan rings is 1. The third-order valence-electron chi connectivity index (χ3n) is 5.29. The van der Waals surface area contributed by atoms with Crippen molar-refractivity contribution >= 4 is 5.91 Å². The number of ether oxygens (including phenoxy) is 1. The minimum absolute atomic E-state index is 0.0900. The number of methoxy groups -OCH3 is 1. The lowest BCUT2D eigenvalue weighted by atomic mass is 10.1. The first kappa shape index (κ1) is 21.4. The molecule has 2 aromatic carbocycles. The summed E-state index contributed by atoms with van der Waals surface area (Å²) < 4.78 is 12.8. The average Bonchev–Trinajstić information content (AvgIpc) is 3.50. The quantitative estimate of drug-likeness (QED) is 0.454. The minimum atomic E-state index is -0.216. The molecule has 0 unspecified atom stereocenters. The van der Waals surface area contributed by atoms with Crippen molar-refractivity contribution in [2.75, 3.05) is 27.7 Å². The number of hydrogen-bond donors (Lipinski definition) is 1. The van der Waals surface area contributed by atoms with Crippen molar-refractivity contribution in [3.63, 3.8) is 0 Å². The predicted molar refractivity (Wildman–Crippen MR) is 123 cm³/mol. The van der Waals surface area contributed by atoms with E-state index < -0.39 is 0 Å². The van der Waals surface area contributed by atoms with Gasteiger partial charge in [-0.3, -0.25) is 9.69 Å². The molecule has 4 aromatic rings. The highest BCUT2D eigenvalue weighted by Crippen LogP contribution is 2.32. The van der Waals surface area contributed by atoms with Crippen LogP contribution in [0.15, 0.2) is 83.6 Å². The van der Waals surface area contributed by atoms with Crippen molar-refractivity contribution in [2.24, 2.45) is 0 Å². The van der Waals surface area contributed by atoms with Gasteiger partial charge in [0.05, 0.1) is 30.7 Å². The highest BCUT2D eigenvalue weighted by atomic mass is 16.5. The maximum absolute atomic E-state index is 13.3. The number of nitrogens with one attached hydrogen (secondary N) is 1. The van der Waals surface area contributed by atoms with Crippen LogP contribution in [0.2, 0.25) is 0 Å². The van der Waals surface area contributed by atoms with Crippen molar-refractivity contribution in [1.82, 2.24) is 20.0 Å². The first-order valence-electron chi connectivity index (χ1n) is 10.3. The number of likely N-dealkylation sites (N-methyl/N-ethyl adjacent to an activating group) is 1. The van der Waals surface area contributed by atoms with Gasteiger partial charge in [0.15, 0.2) is 0 Å². The SMILES string of the molecule is COc1ccccc1-c1nn(-c2ccccc2)cc1C(=O)NC[C@H](c1ccco1)N(C)C. The fourth-order valence-electron chi connectivity index (χ4n) is 3.60. The summed E-state index contributed by atoms with van der Waals surface area (Å²) in [7, 11) is 5.51. The number of carbonyl (C=O) groups is 1. The number of nitrogens with zero attached hydrogens (tertiary/aromatic N) is 3. The second kappa shape index (κ2) is 9.53. The Morgan fingerprint density at radius 2 is 1.84 bits per heavy atom. The van der Waals surface area contributed by atoms with Crippen LogP contribution in [0.5, 0.6) is 5.75 Å². The Hall–Kier alpha value is -3.84. The molecule has 7 nitrogen and oxygen atoms in total. The fraction of sp³-hybridized carbons (Fsp3) is 0.200. The molecule has 2 aromatic heterocycles. The molecular formula is C25H26N4O3. The highest BCUT2D eigenvalue weighted by Gasteiger charge is 2.23. The topological polar surface area (TPSA) is 72.5 Å². The second-order valence-corrected chi connectivity index (χ2v) is 7.58. The van der Waals surface area contributed by atoms with Crippen LogP contribution in [0.25, 0.3) is 16.9 Å². The average molecular weight is 431 g/mol. The zero-order valence-corrected chi connectivity index (χ0v) is 18.4. The Bertz CT molecular complexity index is 1170. The molecule has 2 heterocycles. The minimum Gasteiger partial charge on any atom is -0.496 e. The van der Waals surface area contributed by atoms with Crippen molar-refractivity contribution in [1.29, 1.82) is 0 Å². The van der Waals surface area contributed by atoms with Gasteiger partial charge in [-0.15, -0.1) is 0 Å². The molecule has 0 saturated heterocycles. The summed E-state index contributed by atoms with van der Waals surface area (Å²) in [6.45, 7) is 0.390. The molecule has 0 aliphatic heterocycles. The van der Waals surface area contributed by atoms with E-state index in [2.05, 4.69) is 5.32 Å². The van der Waals surface area contributed by atoms with E-state index in [-0.39, 0.29) is 11.9 Å². The third kappa shape index (κ3) is 4.43. The van der Waals surface area contributed by atoms with Gasteiger partial charge in [0.25, 0.3) is 5.91 Å².